The van der Waals surface area contributed by atoms with E-state index in [2.05, 4.69) is 24.5 Å². The van der Waals surface area contributed by atoms with Crippen molar-refractivity contribution >= 4 is 23.3 Å². The molecule has 0 aliphatic heterocycles. The van der Waals surface area contributed by atoms with Gasteiger partial charge in [-0.3, -0.25) is 4.79 Å². The summed E-state index contributed by atoms with van der Waals surface area (Å²) in [6.07, 6.45) is 0.640. The van der Waals surface area contributed by atoms with Gasteiger partial charge >= 0.3 is 5.97 Å². The molecule has 0 fully saturated rings. The van der Waals surface area contributed by atoms with Crippen LogP contribution in [0.4, 0.5) is 11.4 Å². The Morgan fingerprint density at radius 2 is 1.77 bits per heavy atom. The van der Waals surface area contributed by atoms with Gasteiger partial charge in [0.2, 0.25) is 0 Å². The smallest absolute Gasteiger partial charge is 0.341 e. The number of ether oxygens (including phenoxy) is 1. The zero-order chi connectivity index (χ0) is 22.4. The van der Waals surface area contributed by atoms with Crippen molar-refractivity contribution in [1.29, 1.82) is 0 Å². The number of rotatable bonds is 8. The summed E-state index contributed by atoms with van der Waals surface area (Å²) in [5.74, 6) is 0.0555. The molecule has 2 aromatic carbocycles. The summed E-state index contributed by atoms with van der Waals surface area (Å²) >= 11 is 0. The lowest BCUT2D eigenvalue weighted by molar-refractivity contribution is -0.123. The van der Waals surface area contributed by atoms with Gasteiger partial charge in [-0.1, -0.05) is 44.2 Å². The number of carbonyl (C=O) groups is 2. The molecule has 1 heterocycles. The third-order valence-electron chi connectivity index (χ3n) is 5.01. The number of amides is 1. The van der Waals surface area contributed by atoms with Crippen molar-refractivity contribution in [3.8, 4) is 0 Å². The number of para-hydroxylation sites is 2. The number of hydrogen-bond donors (Lipinski definition) is 2. The van der Waals surface area contributed by atoms with Gasteiger partial charge in [-0.2, -0.15) is 0 Å². The average Bonchev–Trinajstić information content (AvgIpc) is 3.27. The van der Waals surface area contributed by atoms with Crippen LogP contribution in [0.25, 0.3) is 0 Å². The number of benzene rings is 2. The topological polar surface area (TPSA) is 80.6 Å². The Morgan fingerprint density at radius 3 is 2.48 bits per heavy atom. The molecule has 0 saturated heterocycles. The van der Waals surface area contributed by atoms with Crippen LogP contribution in [0.3, 0.4) is 0 Å². The van der Waals surface area contributed by atoms with Gasteiger partial charge in [0.05, 0.1) is 18.4 Å². The van der Waals surface area contributed by atoms with Crippen LogP contribution in [-0.4, -0.2) is 18.0 Å². The fraction of sp³-hybridized carbons (Fsp3) is 0.280. The summed E-state index contributed by atoms with van der Waals surface area (Å²) in [6, 6.07) is 16.6. The lowest BCUT2D eigenvalue weighted by Gasteiger charge is -2.19. The van der Waals surface area contributed by atoms with E-state index in [1.54, 1.807) is 37.5 Å². The molecule has 0 saturated carbocycles. The summed E-state index contributed by atoms with van der Waals surface area (Å²) in [6.45, 7) is 8.08. The van der Waals surface area contributed by atoms with Gasteiger partial charge in [0.25, 0.3) is 5.91 Å². The fourth-order valence-corrected chi connectivity index (χ4v) is 3.26. The quantitative estimate of drug-likeness (QED) is 0.470. The van der Waals surface area contributed by atoms with Crippen LogP contribution < -0.4 is 10.6 Å². The molecule has 0 radical (unpaired) electrons. The van der Waals surface area contributed by atoms with Crippen molar-refractivity contribution in [1.82, 2.24) is 0 Å². The standard InChI is InChI=1S/C25H28N2O4/c1-16(2)20-12-7-9-17(3)23(20)27-24(28)18(4)31-25(29)21-11-5-6-13-22(21)26-15-19-10-8-14-30-19/h5-14,16,18,26H,15H2,1-4H3,(H,27,28). The monoisotopic (exact) mass is 420 g/mol. The van der Waals surface area contributed by atoms with E-state index in [1.807, 2.05) is 37.3 Å². The number of anilines is 2. The second kappa shape index (κ2) is 9.98. The molecular formula is C25H28N2O4. The van der Waals surface area contributed by atoms with Gasteiger partial charge in [0.15, 0.2) is 6.10 Å². The zero-order valence-electron chi connectivity index (χ0n) is 18.3. The lowest BCUT2D eigenvalue weighted by Crippen LogP contribution is -2.31. The number of carbonyl (C=O) groups excluding carboxylic acids is 2. The molecule has 1 amide bonds. The first-order chi connectivity index (χ1) is 14.9. The van der Waals surface area contributed by atoms with Gasteiger partial charge in [0, 0.05) is 11.4 Å². The first kappa shape index (κ1) is 22.2. The van der Waals surface area contributed by atoms with Crippen LogP contribution in [-0.2, 0) is 16.1 Å². The third-order valence-corrected chi connectivity index (χ3v) is 5.01. The summed E-state index contributed by atoms with van der Waals surface area (Å²) in [4.78, 5) is 25.5. The molecule has 6 heteroatoms. The van der Waals surface area contributed by atoms with Crippen LogP contribution in [0.2, 0.25) is 0 Å². The number of hydrogen-bond acceptors (Lipinski definition) is 5. The molecule has 1 atom stereocenters. The first-order valence-electron chi connectivity index (χ1n) is 10.3. The Bertz CT molecular complexity index is 1040. The molecule has 0 spiro atoms. The molecule has 0 aliphatic rings. The third kappa shape index (κ3) is 5.54. The normalized spacial score (nSPS) is 11.8. The minimum Gasteiger partial charge on any atom is -0.467 e. The van der Waals surface area contributed by atoms with E-state index in [9.17, 15) is 9.59 Å². The first-order valence-corrected chi connectivity index (χ1v) is 10.3. The van der Waals surface area contributed by atoms with Gasteiger partial charge in [-0.05, 0) is 55.2 Å². The Kier molecular flexibility index (Phi) is 7.13. The van der Waals surface area contributed by atoms with Gasteiger partial charge < -0.3 is 19.8 Å². The van der Waals surface area contributed by atoms with Crippen LogP contribution in [0.1, 0.15) is 53.9 Å². The Labute approximate surface area is 182 Å². The SMILES string of the molecule is Cc1cccc(C(C)C)c1NC(=O)C(C)OC(=O)c1ccccc1NCc1ccco1. The van der Waals surface area contributed by atoms with Crippen molar-refractivity contribution < 1.29 is 18.7 Å². The average molecular weight is 421 g/mol. The Morgan fingerprint density at radius 1 is 1.00 bits per heavy atom. The summed E-state index contributed by atoms with van der Waals surface area (Å²) in [5.41, 5.74) is 3.74. The molecule has 2 N–H and O–H groups in total. The van der Waals surface area contributed by atoms with E-state index in [0.29, 0.717) is 17.8 Å². The molecule has 1 unspecified atom stereocenters. The number of nitrogens with one attached hydrogen (secondary N) is 2. The molecule has 0 aliphatic carbocycles. The van der Waals surface area contributed by atoms with Crippen molar-refractivity contribution in [3.05, 3.63) is 83.3 Å². The summed E-state index contributed by atoms with van der Waals surface area (Å²) in [7, 11) is 0. The van der Waals surface area contributed by atoms with E-state index < -0.39 is 12.1 Å². The molecule has 3 rings (SSSR count). The fourth-order valence-electron chi connectivity index (χ4n) is 3.26. The Balaban J connectivity index is 1.68. The van der Waals surface area contributed by atoms with Crippen LogP contribution in [0.5, 0.6) is 0 Å². The summed E-state index contributed by atoms with van der Waals surface area (Å²) in [5, 5.41) is 6.10. The van der Waals surface area contributed by atoms with Crippen molar-refractivity contribution in [2.45, 2.75) is 46.3 Å². The minimum absolute atomic E-state index is 0.250. The second-order valence-electron chi connectivity index (χ2n) is 7.71. The second-order valence-corrected chi connectivity index (χ2v) is 7.71. The summed E-state index contributed by atoms with van der Waals surface area (Å²) < 4.78 is 10.8. The van der Waals surface area contributed by atoms with Gasteiger partial charge in [-0.15, -0.1) is 0 Å². The Hall–Kier alpha value is -3.54. The maximum atomic E-state index is 12.8. The predicted octanol–water partition coefficient (Wildman–Crippen LogP) is 5.51. The molecule has 6 nitrogen and oxygen atoms in total. The van der Waals surface area contributed by atoms with Crippen molar-refractivity contribution in [2.24, 2.45) is 0 Å². The highest BCUT2D eigenvalue weighted by Gasteiger charge is 2.22. The van der Waals surface area contributed by atoms with Crippen LogP contribution in [0.15, 0.2) is 65.3 Å². The van der Waals surface area contributed by atoms with Crippen molar-refractivity contribution in [3.63, 3.8) is 0 Å². The highest BCUT2D eigenvalue weighted by atomic mass is 16.5. The molecule has 1 aromatic heterocycles. The molecule has 0 bridgehead atoms. The zero-order valence-corrected chi connectivity index (χ0v) is 18.3. The number of esters is 1. The van der Waals surface area contributed by atoms with Crippen molar-refractivity contribution in [2.75, 3.05) is 10.6 Å². The van der Waals surface area contributed by atoms with Gasteiger partial charge in [0.1, 0.15) is 5.76 Å². The largest absolute Gasteiger partial charge is 0.467 e. The highest BCUT2D eigenvalue weighted by molar-refractivity contribution is 6.00. The van der Waals surface area contributed by atoms with Crippen LogP contribution >= 0.6 is 0 Å². The molecule has 3 aromatic rings. The molecular weight excluding hydrogens is 392 g/mol. The van der Waals surface area contributed by atoms with E-state index >= 15 is 0 Å². The number of furan rings is 1. The maximum absolute atomic E-state index is 12.8. The molecule has 162 valence electrons. The van der Waals surface area contributed by atoms with Gasteiger partial charge in [-0.25, -0.2) is 4.79 Å². The van der Waals surface area contributed by atoms with E-state index in [4.69, 9.17) is 9.15 Å². The van der Waals surface area contributed by atoms with Crippen LogP contribution in [0, 0.1) is 6.92 Å². The van der Waals surface area contributed by atoms with E-state index in [1.165, 1.54) is 0 Å². The maximum Gasteiger partial charge on any atom is 0.341 e. The lowest BCUT2D eigenvalue weighted by atomic mass is 9.98. The van der Waals surface area contributed by atoms with E-state index in [0.717, 1.165) is 22.6 Å². The minimum atomic E-state index is -0.953. The highest BCUT2D eigenvalue weighted by Crippen LogP contribution is 2.27. The van der Waals surface area contributed by atoms with E-state index in [-0.39, 0.29) is 11.8 Å². The number of aryl methyl sites for hydroxylation is 1. The predicted molar refractivity (Wildman–Crippen MR) is 121 cm³/mol. The molecule has 31 heavy (non-hydrogen) atoms.